The smallest absolute Gasteiger partial charge is 0.227 e. The molecule has 0 aliphatic heterocycles. The highest BCUT2D eigenvalue weighted by molar-refractivity contribution is 6.32. The molecule has 0 atom stereocenters. The zero-order valence-electron chi connectivity index (χ0n) is 11.3. The second-order valence-corrected chi connectivity index (χ2v) is 4.59. The molecule has 1 aromatic heterocycles. The van der Waals surface area contributed by atoms with Gasteiger partial charge in [-0.3, -0.25) is 0 Å². The lowest BCUT2D eigenvalue weighted by atomic mass is 10.1. The van der Waals surface area contributed by atoms with Gasteiger partial charge >= 0.3 is 0 Å². The minimum Gasteiger partial charge on any atom is -0.437 e. The van der Waals surface area contributed by atoms with Gasteiger partial charge in [-0.15, -0.1) is 0 Å². The van der Waals surface area contributed by atoms with E-state index in [4.69, 9.17) is 16.3 Å². The lowest BCUT2D eigenvalue weighted by Gasteiger charge is -2.13. The molecule has 0 amide bonds. The van der Waals surface area contributed by atoms with Crippen LogP contribution in [0, 0.1) is 5.82 Å². The maximum atomic E-state index is 13.0. The summed E-state index contributed by atoms with van der Waals surface area (Å²) in [7, 11) is 1.79. The molecule has 20 heavy (non-hydrogen) atoms. The third-order valence-electron chi connectivity index (χ3n) is 2.74. The van der Waals surface area contributed by atoms with Crippen molar-refractivity contribution in [2.75, 3.05) is 12.4 Å². The summed E-state index contributed by atoms with van der Waals surface area (Å²) in [6, 6.07) is 3.98. The number of nitrogens with zero attached hydrogens (tertiary/aromatic N) is 2. The average Bonchev–Trinajstić information content (AvgIpc) is 2.43. The summed E-state index contributed by atoms with van der Waals surface area (Å²) < 4.78 is 18.7. The maximum Gasteiger partial charge on any atom is 0.227 e. The van der Waals surface area contributed by atoms with Gasteiger partial charge in [-0.05, 0) is 24.6 Å². The minimum absolute atomic E-state index is 0.206. The monoisotopic (exact) mass is 295 g/mol. The predicted octanol–water partition coefficient (Wildman–Crippen LogP) is 4.06. The van der Waals surface area contributed by atoms with Crippen LogP contribution in [0.25, 0.3) is 0 Å². The van der Waals surface area contributed by atoms with Gasteiger partial charge in [-0.25, -0.2) is 14.4 Å². The van der Waals surface area contributed by atoms with Gasteiger partial charge in [0.1, 0.15) is 23.7 Å². The molecule has 2 rings (SSSR count). The van der Waals surface area contributed by atoms with Crippen LogP contribution < -0.4 is 10.1 Å². The van der Waals surface area contributed by atoms with Gasteiger partial charge in [0.25, 0.3) is 0 Å². The highest BCUT2D eigenvalue weighted by Crippen LogP contribution is 2.32. The Hall–Kier alpha value is -1.88. The topological polar surface area (TPSA) is 47.0 Å². The van der Waals surface area contributed by atoms with Gasteiger partial charge in [0.05, 0.1) is 10.6 Å². The normalized spacial score (nSPS) is 10.4. The van der Waals surface area contributed by atoms with Crippen LogP contribution in [0.2, 0.25) is 5.02 Å². The largest absolute Gasteiger partial charge is 0.437 e. The summed E-state index contributed by atoms with van der Waals surface area (Å²) in [6.07, 6.45) is 3.11. The molecule has 1 aromatic carbocycles. The molecule has 0 saturated carbocycles. The molecule has 106 valence electrons. The van der Waals surface area contributed by atoms with Crippen molar-refractivity contribution in [1.82, 2.24) is 9.97 Å². The van der Waals surface area contributed by atoms with Crippen molar-refractivity contribution in [3.05, 3.63) is 40.9 Å². The van der Waals surface area contributed by atoms with Gasteiger partial charge < -0.3 is 10.1 Å². The summed E-state index contributed by atoms with van der Waals surface area (Å²) in [5.41, 5.74) is 0.873. The van der Waals surface area contributed by atoms with Crippen molar-refractivity contribution >= 4 is 17.4 Å². The molecule has 0 bridgehead atoms. The van der Waals surface area contributed by atoms with Gasteiger partial charge in [0, 0.05) is 7.05 Å². The van der Waals surface area contributed by atoms with E-state index in [1.165, 1.54) is 24.5 Å². The first-order valence-electron chi connectivity index (χ1n) is 6.30. The number of nitrogens with one attached hydrogen (secondary N) is 1. The third-order valence-corrected chi connectivity index (χ3v) is 3.04. The number of hydrogen-bond donors (Lipinski definition) is 1. The molecule has 0 aliphatic carbocycles. The first kappa shape index (κ1) is 14.5. The van der Waals surface area contributed by atoms with Crippen LogP contribution in [0.5, 0.6) is 11.6 Å². The van der Waals surface area contributed by atoms with E-state index in [-0.39, 0.29) is 5.02 Å². The molecule has 1 N–H and O–H groups in total. The van der Waals surface area contributed by atoms with Crippen LogP contribution in [-0.4, -0.2) is 17.0 Å². The molecule has 6 heteroatoms. The van der Waals surface area contributed by atoms with Crippen LogP contribution in [-0.2, 0) is 6.42 Å². The van der Waals surface area contributed by atoms with Gasteiger partial charge in [0.15, 0.2) is 0 Å². The average molecular weight is 296 g/mol. The highest BCUT2D eigenvalue weighted by atomic mass is 35.5. The summed E-state index contributed by atoms with van der Waals surface area (Å²) in [5.74, 6) is 1.11. The quantitative estimate of drug-likeness (QED) is 0.904. The Bertz CT molecular complexity index is 607. The Morgan fingerprint density at radius 1 is 1.35 bits per heavy atom. The number of ether oxygens (including phenoxy) is 1. The van der Waals surface area contributed by atoms with Crippen molar-refractivity contribution in [2.24, 2.45) is 0 Å². The first-order valence-corrected chi connectivity index (χ1v) is 6.68. The van der Waals surface area contributed by atoms with E-state index in [0.29, 0.717) is 11.6 Å². The maximum absolute atomic E-state index is 13.0. The SMILES string of the molecule is CCCc1c(NC)ncnc1Oc1ccc(F)cc1Cl. The number of halogens is 2. The van der Waals surface area contributed by atoms with Crippen LogP contribution in [0.4, 0.5) is 10.2 Å². The zero-order chi connectivity index (χ0) is 14.5. The Labute approximate surface area is 122 Å². The number of aromatic nitrogens is 2. The van der Waals surface area contributed by atoms with E-state index >= 15 is 0 Å². The molecular weight excluding hydrogens is 281 g/mol. The Morgan fingerprint density at radius 2 is 2.15 bits per heavy atom. The van der Waals surface area contributed by atoms with Gasteiger partial charge in [0.2, 0.25) is 5.88 Å². The number of rotatable bonds is 5. The van der Waals surface area contributed by atoms with Crippen molar-refractivity contribution in [3.63, 3.8) is 0 Å². The summed E-state index contributed by atoms with van der Waals surface area (Å²) in [6.45, 7) is 2.06. The van der Waals surface area contributed by atoms with Crippen LogP contribution >= 0.6 is 11.6 Å². The van der Waals surface area contributed by atoms with Crippen molar-refractivity contribution < 1.29 is 9.13 Å². The van der Waals surface area contributed by atoms with Crippen molar-refractivity contribution in [2.45, 2.75) is 19.8 Å². The van der Waals surface area contributed by atoms with Crippen LogP contribution in [0.1, 0.15) is 18.9 Å². The van der Waals surface area contributed by atoms with Gasteiger partial charge in [-0.1, -0.05) is 24.9 Å². The standard InChI is InChI=1S/C14H15ClFN3O/c1-3-4-10-13(17-2)18-8-19-14(10)20-12-6-5-9(16)7-11(12)15/h5-8H,3-4H2,1-2H3,(H,17,18,19). The number of benzene rings is 1. The number of anilines is 1. The van der Waals surface area contributed by atoms with Gasteiger partial charge in [-0.2, -0.15) is 0 Å². The van der Waals surface area contributed by atoms with Crippen molar-refractivity contribution in [1.29, 1.82) is 0 Å². The molecule has 4 nitrogen and oxygen atoms in total. The molecule has 0 unspecified atom stereocenters. The fourth-order valence-corrected chi connectivity index (χ4v) is 2.04. The van der Waals surface area contributed by atoms with E-state index in [2.05, 4.69) is 22.2 Å². The third kappa shape index (κ3) is 3.17. The minimum atomic E-state index is -0.408. The molecular formula is C14H15ClFN3O. The summed E-state index contributed by atoms with van der Waals surface area (Å²) in [5, 5.41) is 3.21. The van der Waals surface area contributed by atoms with Crippen LogP contribution in [0.15, 0.2) is 24.5 Å². The lowest BCUT2D eigenvalue weighted by molar-refractivity contribution is 0.453. The Balaban J connectivity index is 2.37. The molecule has 1 heterocycles. The van der Waals surface area contributed by atoms with E-state index in [1.807, 2.05) is 0 Å². The van der Waals surface area contributed by atoms with E-state index in [1.54, 1.807) is 7.05 Å². The Kier molecular flexibility index (Phi) is 4.74. The fourth-order valence-electron chi connectivity index (χ4n) is 1.84. The molecule has 0 radical (unpaired) electrons. The second kappa shape index (κ2) is 6.52. The molecule has 2 aromatic rings. The lowest BCUT2D eigenvalue weighted by Crippen LogP contribution is -2.03. The summed E-state index contributed by atoms with van der Waals surface area (Å²) in [4.78, 5) is 8.30. The first-order chi connectivity index (χ1) is 9.65. The highest BCUT2D eigenvalue weighted by Gasteiger charge is 2.13. The molecule has 0 aliphatic rings. The van der Waals surface area contributed by atoms with Crippen LogP contribution in [0.3, 0.4) is 0 Å². The van der Waals surface area contributed by atoms with E-state index in [9.17, 15) is 4.39 Å². The Morgan fingerprint density at radius 3 is 2.80 bits per heavy atom. The summed E-state index contributed by atoms with van der Waals surface area (Å²) >= 11 is 5.96. The molecule has 0 saturated heterocycles. The zero-order valence-corrected chi connectivity index (χ0v) is 12.0. The fraction of sp³-hybridized carbons (Fsp3) is 0.286. The van der Waals surface area contributed by atoms with Crippen molar-refractivity contribution in [3.8, 4) is 11.6 Å². The molecule has 0 spiro atoms. The van der Waals surface area contributed by atoms with E-state index in [0.717, 1.165) is 24.2 Å². The predicted molar refractivity (Wildman–Crippen MR) is 77.1 cm³/mol. The molecule has 0 fully saturated rings. The second-order valence-electron chi connectivity index (χ2n) is 4.18. The van der Waals surface area contributed by atoms with E-state index < -0.39 is 5.82 Å². The number of hydrogen-bond acceptors (Lipinski definition) is 4.